The molecule has 0 radical (unpaired) electrons. The molecule has 1 N–H and O–H groups in total. The van der Waals surface area contributed by atoms with Gasteiger partial charge in [0.2, 0.25) is 16.0 Å². The second kappa shape index (κ2) is 8.89. The minimum atomic E-state index is -4.10. The van der Waals surface area contributed by atoms with Crippen LogP contribution in [-0.4, -0.2) is 48.2 Å². The van der Waals surface area contributed by atoms with Crippen molar-refractivity contribution in [1.82, 2.24) is 34.5 Å². The molecule has 3 aromatic heterocycles. The summed E-state index contributed by atoms with van der Waals surface area (Å²) in [5.41, 5.74) is 0.904. The average Bonchev–Trinajstić information content (AvgIpc) is 3.39. The standard InChI is InChI=1S/C21H22F2N8O2S/c1-12-10-25-18(11-24-12)13(2)14(3)34(32,33)29-21-27-26-20(17-8-9-30(4)28-17)31(21)19-15(22)6-5-7-16(19)23/h5-11,13-14H,1-4H3,(H,27,29). The molecule has 1 aromatic carbocycles. The van der Waals surface area contributed by atoms with Gasteiger partial charge in [-0.1, -0.05) is 13.0 Å². The fourth-order valence-electron chi connectivity index (χ4n) is 3.33. The maximum Gasteiger partial charge on any atom is 0.243 e. The highest BCUT2D eigenvalue weighted by Gasteiger charge is 2.32. The molecule has 34 heavy (non-hydrogen) atoms. The molecule has 4 rings (SSSR count). The second-order valence-electron chi connectivity index (χ2n) is 7.85. The molecule has 2 unspecified atom stereocenters. The lowest BCUT2D eigenvalue weighted by atomic mass is 10.1. The topological polar surface area (TPSA) is 120 Å². The summed E-state index contributed by atoms with van der Waals surface area (Å²) < 4.78 is 60.7. The number of benzene rings is 1. The fraction of sp³-hybridized carbons (Fsp3) is 0.286. The van der Waals surface area contributed by atoms with E-state index in [2.05, 4.69) is 30.0 Å². The number of sulfonamides is 1. The Bertz CT molecular complexity index is 1410. The van der Waals surface area contributed by atoms with E-state index in [9.17, 15) is 17.2 Å². The van der Waals surface area contributed by atoms with E-state index in [4.69, 9.17) is 0 Å². The third-order valence-corrected chi connectivity index (χ3v) is 7.32. The number of nitrogens with zero attached hydrogens (tertiary/aromatic N) is 7. The van der Waals surface area contributed by atoms with Crippen molar-refractivity contribution in [2.24, 2.45) is 7.05 Å². The summed E-state index contributed by atoms with van der Waals surface area (Å²) >= 11 is 0. The quantitative estimate of drug-likeness (QED) is 0.425. The highest BCUT2D eigenvalue weighted by molar-refractivity contribution is 7.93. The smallest absolute Gasteiger partial charge is 0.243 e. The summed E-state index contributed by atoms with van der Waals surface area (Å²) in [6, 6.07) is 4.88. The molecule has 3 heterocycles. The number of anilines is 1. The van der Waals surface area contributed by atoms with Crippen LogP contribution in [0, 0.1) is 18.6 Å². The van der Waals surface area contributed by atoms with E-state index in [1.54, 1.807) is 39.4 Å². The van der Waals surface area contributed by atoms with E-state index < -0.39 is 38.5 Å². The number of aryl methyl sites for hydroxylation is 2. The van der Waals surface area contributed by atoms with Gasteiger partial charge in [0.1, 0.15) is 23.0 Å². The molecule has 4 aromatic rings. The molecule has 0 amide bonds. The molecule has 178 valence electrons. The van der Waals surface area contributed by atoms with E-state index in [1.165, 1.54) is 23.9 Å². The van der Waals surface area contributed by atoms with Gasteiger partial charge in [0.15, 0.2) is 5.82 Å². The van der Waals surface area contributed by atoms with Crippen LogP contribution < -0.4 is 4.72 Å². The van der Waals surface area contributed by atoms with Gasteiger partial charge >= 0.3 is 0 Å². The van der Waals surface area contributed by atoms with Crippen LogP contribution in [0.4, 0.5) is 14.7 Å². The summed E-state index contributed by atoms with van der Waals surface area (Å²) in [7, 11) is -2.44. The van der Waals surface area contributed by atoms with Crippen LogP contribution in [-0.2, 0) is 17.1 Å². The number of rotatable bonds is 7. The average molecular weight is 489 g/mol. The largest absolute Gasteiger partial charge is 0.275 e. The van der Waals surface area contributed by atoms with E-state index >= 15 is 0 Å². The number of hydrogen-bond donors (Lipinski definition) is 1. The van der Waals surface area contributed by atoms with Crippen molar-refractivity contribution in [2.45, 2.75) is 31.9 Å². The van der Waals surface area contributed by atoms with Gasteiger partial charge in [-0.2, -0.15) is 5.10 Å². The lowest BCUT2D eigenvalue weighted by Gasteiger charge is -2.21. The zero-order chi connectivity index (χ0) is 24.6. The van der Waals surface area contributed by atoms with Crippen molar-refractivity contribution in [3.8, 4) is 17.2 Å². The molecule has 13 heteroatoms. The number of nitrogens with one attached hydrogen (secondary N) is 1. The van der Waals surface area contributed by atoms with Crippen LogP contribution in [0.1, 0.15) is 31.2 Å². The van der Waals surface area contributed by atoms with Crippen LogP contribution in [0.5, 0.6) is 0 Å². The zero-order valence-corrected chi connectivity index (χ0v) is 19.6. The number of para-hydroxylation sites is 1. The zero-order valence-electron chi connectivity index (χ0n) is 18.8. The molecule has 2 atom stereocenters. The van der Waals surface area contributed by atoms with Gasteiger partial charge in [-0.05, 0) is 32.0 Å². The second-order valence-corrected chi connectivity index (χ2v) is 9.89. The first kappa shape index (κ1) is 23.4. The van der Waals surface area contributed by atoms with Crippen molar-refractivity contribution in [1.29, 1.82) is 0 Å². The summed E-state index contributed by atoms with van der Waals surface area (Å²) in [5, 5.41) is 11.1. The predicted octanol–water partition coefficient (Wildman–Crippen LogP) is 2.98. The summed E-state index contributed by atoms with van der Waals surface area (Å²) in [6.45, 7) is 4.97. The Morgan fingerprint density at radius 3 is 2.32 bits per heavy atom. The lowest BCUT2D eigenvalue weighted by Crippen LogP contribution is -2.31. The van der Waals surface area contributed by atoms with Crippen LogP contribution >= 0.6 is 0 Å². The molecule has 0 saturated heterocycles. The summed E-state index contributed by atoms with van der Waals surface area (Å²) in [4.78, 5) is 8.42. The molecule has 0 spiro atoms. The van der Waals surface area contributed by atoms with Crippen LogP contribution in [0.25, 0.3) is 17.2 Å². The monoisotopic (exact) mass is 488 g/mol. The van der Waals surface area contributed by atoms with Crippen LogP contribution in [0.3, 0.4) is 0 Å². The first-order valence-electron chi connectivity index (χ1n) is 10.3. The first-order valence-corrected chi connectivity index (χ1v) is 11.8. The molecule has 0 bridgehead atoms. The normalized spacial score (nSPS) is 13.6. The van der Waals surface area contributed by atoms with Gasteiger partial charge in [-0.3, -0.25) is 23.9 Å². The van der Waals surface area contributed by atoms with E-state index in [0.717, 1.165) is 16.7 Å². The predicted molar refractivity (Wildman–Crippen MR) is 121 cm³/mol. The first-order chi connectivity index (χ1) is 16.1. The SMILES string of the molecule is Cc1cnc(C(C)C(C)S(=O)(=O)Nc2nnc(-c3ccn(C)n3)n2-c2c(F)cccc2F)cn1. The summed E-state index contributed by atoms with van der Waals surface area (Å²) in [5.74, 6) is -2.80. The maximum absolute atomic E-state index is 14.7. The molecule has 0 aliphatic rings. The Hall–Kier alpha value is -3.74. The maximum atomic E-state index is 14.7. The minimum Gasteiger partial charge on any atom is -0.275 e. The van der Waals surface area contributed by atoms with E-state index in [1.807, 2.05) is 0 Å². The van der Waals surface area contributed by atoms with Crippen molar-refractivity contribution < 1.29 is 17.2 Å². The lowest BCUT2D eigenvalue weighted by molar-refractivity contribution is 0.566. The van der Waals surface area contributed by atoms with Gasteiger partial charge in [0.05, 0.1) is 16.6 Å². The number of halogens is 2. The van der Waals surface area contributed by atoms with E-state index in [-0.39, 0.29) is 17.5 Å². The molecule has 0 saturated carbocycles. The number of aromatic nitrogens is 7. The van der Waals surface area contributed by atoms with Gasteiger partial charge in [0.25, 0.3) is 0 Å². The van der Waals surface area contributed by atoms with Crippen LogP contribution in [0.2, 0.25) is 0 Å². The summed E-state index contributed by atoms with van der Waals surface area (Å²) in [6.07, 6.45) is 4.68. The number of hydrogen-bond acceptors (Lipinski definition) is 7. The Morgan fingerprint density at radius 1 is 1.03 bits per heavy atom. The Balaban J connectivity index is 1.77. The van der Waals surface area contributed by atoms with Gasteiger partial charge in [0, 0.05) is 31.6 Å². The molecule has 10 nitrogen and oxygen atoms in total. The minimum absolute atomic E-state index is 0.0348. The third kappa shape index (κ3) is 4.38. The Morgan fingerprint density at radius 2 is 1.74 bits per heavy atom. The van der Waals surface area contributed by atoms with Gasteiger partial charge < -0.3 is 0 Å². The van der Waals surface area contributed by atoms with Gasteiger partial charge in [-0.25, -0.2) is 17.2 Å². The fourth-order valence-corrected chi connectivity index (χ4v) is 4.58. The van der Waals surface area contributed by atoms with Crippen molar-refractivity contribution in [3.63, 3.8) is 0 Å². The molecular weight excluding hydrogens is 466 g/mol. The van der Waals surface area contributed by atoms with Crippen LogP contribution in [0.15, 0.2) is 42.9 Å². The molecular formula is C21H22F2N8O2S. The third-order valence-electron chi connectivity index (χ3n) is 5.46. The molecule has 0 fully saturated rings. The van der Waals surface area contributed by atoms with Crippen molar-refractivity contribution in [3.05, 3.63) is 65.9 Å². The molecule has 0 aliphatic carbocycles. The van der Waals surface area contributed by atoms with E-state index in [0.29, 0.717) is 11.4 Å². The highest BCUT2D eigenvalue weighted by atomic mass is 32.2. The van der Waals surface area contributed by atoms with Gasteiger partial charge in [-0.15, -0.1) is 10.2 Å². The van der Waals surface area contributed by atoms with Crippen molar-refractivity contribution in [2.75, 3.05) is 4.72 Å². The molecule has 0 aliphatic heterocycles. The Labute approximate surface area is 194 Å². The highest BCUT2D eigenvalue weighted by Crippen LogP contribution is 2.30. The Kier molecular flexibility index (Phi) is 6.13. The van der Waals surface area contributed by atoms with Crippen molar-refractivity contribution >= 4 is 16.0 Å².